The van der Waals surface area contributed by atoms with Crippen molar-refractivity contribution in [3.05, 3.63) is 48.0 Å². The van der Waals surface area contributed by atoms with Crippen LogP contribution in [0.25, 0.3) is 0 Å². The predicted octanol–water partition coefficient (Wildman–Crippen LogP) is 2.71. The summed E-state index contributed by atoms with van der Waals surface area (Å²) in [6.45, 7) is 2.89. The average Bonchev–Trinajstić information content (AvgIpc) is 2.78. The smallest absolute Gasteiger partial charge is 0.122 e. The second kappa shape index (κ2) is 5.89. The van der Waals surface area contributed by atoms with E-state index in [2.05, 4.69) is 23.9 Å². The molecule has 0 amide bonds. The van der Waals surface area contributed by atoms with Crippen molar-refractivity contribution in [2.75, 3.05) is 7.05 Å². The van der Waals surface area contributed by atoms with E-state index in [1.807, 2.05) is 42.2 Å². The number of aromatic nitrogens is 2. The normalized spacial score (nSPS) is 12.8. The number of benzene rings is 1. The summed E-state index contributed by atoms with van der Waals surface area (Å²) in [4.78, 5) is 6.57. The van der Waals surface area contributed by atoms with Crippen molar-refractivity contribution >= 4 is 0 Å². The molecule has 4 nitrogen and oxygen atoms in total. The van der Waals surface area contributed by atoms with Crippen LogP contribution in [0.1, 0.15) is 30.8 Å². The lowest BCUT2D eigenvalue weighted by Gasteiger charge is -2.27. The van der Waals surface area contributed by atoms with E-state index in [1.165, 1.54) is 0 Å². The van der Waals surface area contributed by atoms with Gasteiger partial charge in [-0.25, -0.2) is 4.98 Å². The molecule has 2 rings (SSSR count). The molecule has 19 heavy (non-hydrogen) atoms. The van der Waals surface area contributed by atoms with Gasteiger partial charge in [-0.3, -0.25) is 4.90 Å². The monoisotopic (exact) mass is 259 g/mol. The zero-order valence-electron chi connectivity index (χ0n) is 11.7. The second-order valence-electron chi connectivity index (χ2n) is 4.85. The lowest BCUT2D eigenvalue weighted by Crippen LogP contribution is -2.25. The second-order valence-corrected chi connectivity index (χ2v) is 4.85. The summed E-state index contributed by atoms with van der Waals surface area (Å²) < 4.78 is 2.02. The average molecular weight is 259 g/mol. The number of rotatable bonds is 5. The van der Waals surface area contributed by atoms with E-state index in [-0.39, 0.29) is 6.04 Å². The van der Waals surface area contributed by atoms with Gasteiger partial charge in [0, 0.05) is 31.0 Å². The highest BCUT2D eigenvalue weighted by atomic mass is 16.3. The Balaban J connectivity index is 2.18. The topological polar surface area (TPSA) is 41.3 Å². The molecule has 1 unspecified atom stereocenters. The Hall–Kier alpha value is -1.81. The number of aryl methyl sites for hydroxylation is 1. The van der Waals surface area contributed by atoms with Gasteiger partial charge in [-0.05, 0) is 19.5 Å². The molecule has 0 spiro atoms. The number of hydrogen-bond donors (Lipinski definition) is 1. The van der Waals surface area contributed by atoms with E-state index in [4.69, 9.17) is 0 Å². The minimum atomic E-state index is 0.192. The molecule has 1 N–H and O–H groups in total. The molecule has 4 heteroatoms. The first-order chi connectivity index (χ1) is 9.13. The van der Waals surface area contributed by atoms with Crippen LogP contribution >= 0.6 is 0 Å². The van der Waals surface area contributed by atoms with Crippen molar-refractivity contribution in [1.82, 2.24) is 14.5 Å². The molecule has 0 saturated heterocycles. The van der Waals surface area contributed by atoms with Gasteiger partial charge in [0.25, 0.3) is 0 Å². The molecule has 0 saturated carbocycles. The Bertz CT molecular complexity index is 536. The largest absolute Gasteiger partial charge is 0.508 e. The van der Waals surface area contributed by atoms with Gasteiger partial charge in [0.15, 0.2) is 0 Å². The summed E-state index contributed by atoms with van der Waals surface area (Å²) in [5.74, 6) is 1.39. The van der Waals surface area contributed by atoms with Gasteiger partial charge in [0.2, 0.25) is 0 Å². The lowest BCUT2D eigenvalue weighted by molar-refractivity contribution is 0.218. The maximum Gasteiger partial charge on any atom is 0.122 e. The standard InChI is InChI=1S/C15H21N3O/c1-4-13(12-7-5-6-8-14(12)19)18(3)11-15-16-9-10-17(15)2/h5-10,13,19H,4,11H2,1-3H3. The van der Waals surface area contributed by atoms with E-state index in [0.29, 0.717) is 5.75 Å². The van der Waals surface area contributed by atoms with E-state index in [1.54, 1.807) is 6.07 Å². The van der Waals surface area contributed by atoms with Gasteiger partial charge < -0.3 is 9.67 Å². The van der Waals surface area contributed by atoms with Crippen molar-refractivity contribution in [1.29, 1.82) is 0 Å². The van der Waals surface area contributed by atoms with Gasteiger partial charge in [0.05, 0.1) is 6.54 Å². The molecule has 2 aromatic rings. The van der Waals surface area contributed by atoms with E-state index in [0.717, 1.165) is 24.4 Å². The lowest BCUT2D eigenvalue weighted by atomic mass is 10.0. The summed E-state index contributed by atoms with van der Waals surface area (Å²) >= 11 is 0. The molecule has 0 fully saturated rings. The maximum absolute atomic E-state index is 9.99. The third-order valence-electron chi connectivity index (χ3n) is 3.53. The highest BCUT2D eigenvalue weighted by Gasteiger charge is 2.19. The van der Waals surface area contributed by atoms with Crippen LogP contribution < -0.4 is 0 Å². The van der Waals surface area contributed by atoms with Crippen LogP contribution in [-0.4, -0.2) is 26.6 Å². The number of phenolic OH excluding ortho intramolecular Hbond substituents is 1. The third-order valence-corrected chi connectivity index (χ3v) is 3.53. The fraction of sp³-hybridized carbons (Fsp3) is 0.400. The Kier molecular flexibility index (Phi) is 4.22. The summed E-state index contributed by atoms with van der Waals surface area (Å²) in [5.41, 5.74) is 0.974. The first-order valence-corrected chi connectivity index (χ1v) is 6.57. The summed E-state index contributed by atoms with van der Waals surface area (Å²) in [6, 6.07) is 7.74. The number of phenols is 1. The van der Waals surface area contributed by atoms with Crippen LogP contribution in [0.3, 0.4) is 0 Å². The quantitative estimate of drug-likeness (QED) is 0.897. The van der Waals surface area contributed by atoms with Gasteiger partial charge in [-0.15, -0.1) is 0 Å². The van der Waals surface area contributed by atoms with Gasteiger partial charge >= 0.3 is 0 Å². The van der Waals surface area contributed by atoms with Crippen LogP contribution in [0.15, 0.2) is 36.7 Å². The highest BCUT2D eigenvalue weighted by Crippen LogP contribution is 2.30. The Labute approximate surface area is 114 Å². The SMILES string of the molecule is CCC(c1ccccc1O)N(C)Cc1nccn1C. The van der Waals surface area contributed by atoms with Crippen molar-refractivity contribution in [2.45, 2.75) is 25.9 Å². The molecule has 1 atom stereocenters. The zero-order chi connectivity index (χ0) is 13.8. The van der Waals surface area contributed by atoms with Gasteiger partial charge in [-0.2, -0.15) is 0 Å². The molecule has 0 aliphatic carbocycles. The fourth-order valence-electron chi connectivity index (χ4n) is 2.42. The van der Waals surface area contributed by atoms with Crippen molar-refractivity contribution in [2.24, 2.45) is 7.05 Å². The molecule has 102 valence electrons. The third kappa shape index (κ3) is 2.96. The van der Waals surface area contributed by atoms with Crippen LogP contribution in [0.5, 0.6) is 5.75 Å². The van der Waals surface area contributed by atoms with E-state index >= 15 is 0 Å². The van der Waals surface area contributed by atoms with Crippen molar-refractivity contribution in [3.63, 3.8) is 0 Å². The highest BCUT2D eigenvalue weighted by molar-refractivity contribution is 5.34. The molecule has 0 bridgehead atoms. The number of imidazole rings is 1. The van der Waals surface area contributed by atoms with Crippen molar-refractivity contribution < 1.29 is 5.11 Å². The fourth-order valence-corrected chi connectivity index (χ4v) is 2.42. The summed E-state index contributed by atoms with van der Waals surface area (Å²) in [5, 5.41) is 9.99. The first-order valence-electron chi connectivity index (χ1n) is 6.57. The summed E-state index contributed by atoms with van der Waals surface area (Å²) in [6.07, 6.45) is 4.70. The van der Waals surface area contributed by atoms with E-state index < -0.39 is 0 Å². The van der Waals surface area contributed by atoms with Crippen LogP contribution in [0.2, 0.25) is 0 Å². The minimum Gasteiger partial charge on any atom is -0.508 e. The number of aromatic hydroxyl groups is 1. The van der Waals surface area contributed by atoms with E-state index in [9.17, 15) is 5.11 Å². The zero-order valence-corrected chi connectivity index (χ0v) is 11.7. The molecule has 1 heterocycles. The molecular formula is C15H21N3O. The molecular weight excluding hydrogens is 238 g/mol. The molecule has 1 aromatic carbocycles. The maximum atomic E-state index is 9.99. The summed E-state index contributed by atoms with van der Waals surface area (Å²) in [7, 11) is 4.06. The minimum absolute atomic E-state index is 0.192. The molecule has 1 aromatic heterocycles. The van der Waals surface area contributed by atoms with Gasteiger partial charge in [-0.1, -0.05) is 25.1 Å². The first kappa shape index (κ1) is 13.6. The molecule has 0 aliphatic heterocycles. The molecule has 0 aliphatic rings. The van der Waals surface area contributed by atoms with Crippen LogP contribution in [0.4, 0.5) is 0 Å². The predicted molar refractivity (Wildman–Crippen MR) is 75.8 cm³/mol. The Morgan fingerprint density at radius 2 is 2.11 bits per heavy atom. The van der Waals surface area contributed by atoms with Gasteiger partial charge in [0.1, 0.15) is 11.6 Å². The number of nitrogens with zero attached hydrogens (tertiary/aromatic N) is 3. The van der Waals surface area contributed by atoms with Crippen LogP contribution in [0, 0.1) is 0 Å². The van der Waals surface area contributed by atoms with Crippen LogP contribution in [-0.2, 0) is 13.6 Å². The Morgan fingerprint density at radius 3 is 2.68 bits per heavy atom. The number of hydrogen-bond acceptors (Lipinski definition) is 3. The number of para-hydroxylation sites is 1. The van der Waals surface area contributed by atoms with Crippen molar-refractivity contribution in [3.8, 4) is 5.75 Å². The Morgan fingerprint density at radius 1 is 1.37 bits per heavy atom. The molecule has 0 radical (unpaired) electrons.